The number of anilines is 1. The summed E-state index contributed by atoms with van der Waals surface area (Å²) in [7, 11) is -4.62. The lowest BCUT2D eigenvalue weighted by atomic mass is 10.1. The zero-order valence-corrected chi connectivity index (χ0v) is 23.2. The minimum absolute atomic E-state index is 0.170. The molecule has 0 amide bonds. The van der Waals surface area contributed by atoms with Crippen LogP contribution < -0.4 is 5.73 Å². The number of rotatable bonds is 11. The van der Waals surface area contributed by atoms with Crippen LogP contribution in [-0.4, -0.2) is 63.8 Å². The average molecular weight is 553 g/mol. The van der Waals surface area contributed by atoms with Crippen LogP contribution >= 0.6 is 0 Å². The van der Waals surface area contributed by atoms with E-state index in [1.807, 2.05) is 30.1 Å². The van der Waals surface area contributed by atoms with E-state index in [-0.39, 0.29) is 15.5 Å². The summed E-state index contributed by atoms with van der Waals surface area (Å²) in [6.07, 6.45) is 4.03. The van der Waals surface area contributed by atoms with Crippen LogP contribution in [0.5, 0.6) is 0 Å². The zero-order valence-electron chi connectivity index (χ0n) is 21.5. The van der Waals surface area contributed by atoms with Gasteiger partial charge < -0.3 is 10.6 Å². The maximum Gasteiger partial charge on any atom is 0.206 e. The van der Waals surface area contributed by atoms with Gasteiger partial charge in [-0.3, -0.25) is 0 Å². The number of nitrogens with two attached hydrogens (primary N) is 1. The molecule has 200 valence electrons. The molecule has 0 saturated heterocycles. The number of hydrogen-bond donors (Lipinski definition) is 1. The number of sulfone groups is 2. The van der Waals surface area contributed by atoms with E-state index in [9.17, 15) is 16.8 Å². The summed E-state index contributed by atoms with van der Waals surface area (Å²) >= 11 is 0. The summed E-state index contributed by atoms with van der Waals surface area (Å²) in [6.45, 7) is 1.37. The SMILES string of the molecule is CN(CCCCc1ccc2c(N)nc(-c3ccc(S(=O)(=O)c4ccccc4)cc3)nc2c1)CCS(C)(=O)=O. The van der Waals surface area contributed by atoms with Crippen LogP contribution in [-0.2, 0) is 26.1 Å². The molecule has 0 bridgehead atoms. The molecule has 0 spiro atoms. The van der Waals surface area contributed by atoms with Crippen molar-refractivity contribution >= 4 is 36.4 Å². The highest BCUT2D eigenvalue weighted by molar-refractivity contribution is 7.91. The van der Waals surface area contributed by atoms with Gasteiger partial charge in [0.2, 0.25) is 9.84 Å². The van der Waals surface area contributed by atoms with Crippen LogP contribution in [0.15, 0.2) is 82.6 Å². The van der Waals surface area contributed by atoms with E-state index >= 15 is 0 Å². The summed E-state index contributed by atoms with van der Waals surface area (Å²) in [6, 6.07) is 20.8. The smallest absolute Gasteiger partial charge is 0.206 e. The minimum atomic E-state index is -3.61. The largest absolute Gasteiger partial charge is 0.383 e. The molecule has 3 aromatic carbocycles. The summed E-state index contributed by atoms with van der Waals surface area (Å²) in [5, 5.41) is 0.765. The van der Waals surface area contributed by atoms with Crippen molar-refractivity contribution in [3.8, 4) is 11.4 Å². The average Bonchev–Trinajstić information content (AvgIpc) is 2.90. The van der Waals surface area contributed by atoms with Gasteiger partial charge in [-0.05, 0) is 86.9 Å². The molecule has 1 heterocycles. The van der Waals surface area contributed by atoms with Gasteiger partial charge >= 0.3 is 0 Å². The van der Waals surface area contributed by atoms with E-state index in [1.54, 1.807) is 54.6 Å². The third-order valence-electron chi connectivity index (χ3n) is 6.37. The zero-order chi connectivity index (χ0) is 27.3. The highest BCUT2D eigenvalue weighted by atomic mass is 32.2. The lowest BCUT2D eigenvalue weighted by molar-refractivity contribution is 0.344. The number of aromatic nitrogens is 2. The van der Waals surface area contributed by atoms with Gasteiger partial charge in [0.15, 0.2) is 5.82 Å². The van der Waals surface area contributed by atoms with Crippen molar-refractivity contribution in [2.45, 2.75) is 29.1 Å². The molecule has 4 aromatic rings. The summed E-state index contributed by atoms with van der Waals surface area (Å²) in [4.78, 5) is 11.6. The Hall–Kier alpha value is -3.34. The first kappa shape index (κ1) is 27.7. The van der Waals surface area contributed by atoms with Crippen LogP contribution in [0.1, 0.15) is 18.4 Å². The second-order valence-corrected chi connectivity index (χ2v) is 13.7. The predicted molar refractivity (Wildman–Crippen MR) is 151 cm³/mol. The number of benzene rings is 3. The molecule has 1 aromatic heterocycles. The van der Waals surface area contributed by atoms with E-state index < -0.39 is 19.7 Å². The summed E-state index contributed by atoms with van der Waals surface area (Å²) < 4.78 is 48.4. The molecule has 10 heteroatoms. The Morgan fingerprint density at radius 2 is 1.50 bits per heavy atom. The molecule has 0 aliphatic carbocycles. The first-order valence-electron chi connectivity index (χ1n) is 12.4. The van der Waals surface area contributed by atoms with Gasteiger partial charge in [-0.15, -0.1) is 0 Å². The van der Waals surface area contributed by atoms with Gasteiger partial charge in [0.1, 0.15) is 15.7 Å². The first-order chi connectivity index (χ1) is 18.0. The van der Waals surface area contributed by atoms with Crippen molar-refractivity contribution in [2.24, 2.45) is 0 Å². The molecule has 0 saturated carbocycles. The van der Waals surface area contributed by atoms with Crippen molar-refractivity contribution in [2.75, 3.05) is 37.9 Å². The van der Waals surface area contributed by atoms with Gasteiger partial charge in [-0.1, -0.05) is 24.3 Å². The molecule has 0 fully saturated rings. The molecule has 8 nitrogen and oxygen atoms in total. The molecule has 0 radical (unpaired) electrons. The third-order valence-corrected chi connectivity index (χ3v) is 9.08. The topological polar surface area (TPSA) is 123 Å². The fraction of sp³-hybridized carbons (Fsp3) is 0.286. The molecule has 0 atom stereocenters. The van der Waals surface area contributed by atoms with Crippen molar-refractivity contribution in [3.63, 3.8) is 0 Å². The normalized spacial score (nSPS) is 12.3. The molecular weight excluding hydrogens is 520 g/mol. The summed E-state index contributed by atoms with van der Waals surface area (Å²) in [5.74, 6) is 0.969. The van der Waals surface area contributed by atoms with Crippen LogP contribution in [0, 0.1) is 0 Å². The minimum Gasteiger partial charge on any atom is -0.383 e. The number of hydrogen-bond acceptors (Lipinski definition) is 8. The van der Waals surface area contributed by atoms with Crippen LogP contribution in [0.25, 0.3) is 22.3 Å². The van der Waals surface area contributed by atoms with Crippen molar-refractivity contribution < 1.29 is 16.8 Å². The Balaban J connectivity index is 1.46. The Labute approximate surface area is 224 Å². The number of nitrogen functional groups attached to an aromatic ring is 1. The molecule has 0 unspecified atom stereocenters. The lowest BCUT2D eigenvalue weighted by Gasteiger charge is -2.15. The van der Waals surface area contributed by atoms with E-state index in [0.717, 1.165) is 42.3 Å². The van der Waals surface area contributed by atoms with E-state index in [4.69, 9.17) is 10.7 Å². The Bertz CT molecular complexity index is 1620. The van der Waals surface area contributed by atoms with Gasteiger partial charge in [0.25, 0.3) is 0 Å². The molecule has 4 rings (SSSR count). The number of fused-ring (bicyclic) bond motifs is 1. The summed E-state index contributed by atoms with van der Waals surface area (Å²) in [5.41, 5.74) is 8.77. The first-order valence-corrected chi connectivity index (χ1v) is 15.9. The molecule has 38 heavy (non-hydrogen) atoms. The number of nitrogens with zero attached hydrogens (tertiary/aromatic N) is 3. The maximum atomic E-state index is 12.9. The van der Waals surface area contributed by atoms with E-state index in [1.165, 1.54) is 6.26 Å². The monoisotopic (exact) mass is 552 g/mol. The fourth-order valence-corrected chi connectivity index (χ4v) is 6.07. The van der Waals surface area contributed by atoms with Crippen molar-refractivity contribution in [1.82, 2.24) is 14.9 Å². The standard InChI is InChI=1S/C28H32N4O4S2/c1-32(18-19-37(2,33)34)17-7-6-8-21-11-16-25-26(20-21)30-28(31-27(25)29)22-12-14-24(15-13-22)38(35,36)23-9-4-3-5-10-23/h3-5,9-16,20H,6-8,17-19H2,1-2H3,(H2,29,30,31). The third kappa shape index (κ3) is 6.94. The molecule has 0 aliphatic rings. The molecule has 0 aliphatic heterocycles. The Morgan fingerprint density at radius 3 is 2.18 bits per heavy atom. The highest BCUT2D eigenvalue weighted by Crippen LogP contribution is 2.27. The van der Waals surface area contributed by atoms with Gasteiger partial charge in [-0.2, -0.15) is 0 Å². The van der Waals surface area contributed by atoms with Gasteiger partial charge in [-0.25, -0.2) is 26.8 Å². The van der Waals surface area contributed by atoms with E-state index in [0.29, 0.717) is 23.8 Å². The van der Waals surface area contributed by atoms with Crippen LogP contribution in [0.4, 0.5) is 5.82 Å². The highest BCUT2D eigenvalue weighted by Gasteiger charge is 2.17. The Morgan fingerprint density at radius 1 is 0.816 bits per heavy atom. The second kappa shape index (κ2) is 11.6. The predicted octanol–water partition coefficient (Wildman–Crippen LogP) is 4.01. The van der Waals surface area contributed by atoms with Crippen molar-refractivity contribution in [1.29, 1.82) is 0 Å². The molecule has 2 N–H and O–H groups in total. The fourth-order valence-electron chi connectivity index (χ4n) is 4.15. The quantitative estimate of drug-likeness (QED) is 0.277. The van der Waals surface area contributed by atoms with Gasteiger partial charge in [0, 0.05) is 23.8 Å². The van der Waals surface area contributed by atoms with Crippen LogP contribution in [0.3, 0.4) is 0 Å². The van der Waals surface area contributed by atoms with Crippen LogP contribution in [0.2, 0.25) is 0 Å². The number of unbranched alkanes of at least 4 members (excludes halogenated alkanes) is 1. The maximum absolute atomic E-state index is 12.9. The number of aryl methyl sites for hydroxylation is 1. The van der Waals surface area contributed by atoms with Gasteiger partial charge in [0.05, 0.1) is 21.1 Å². The van der Waals surface area contributed by atoms with Crippen molar-refractivity contribution in [3.05, 3.63) is 78.4 Å². The lowest BCUT2D eigenvalue weighted by Crippen LogP contribution is -2.26. The Kier molecular flexibility index (Phi) is 8.44. The molecular formula is C28H32N4O4S2. The van der Waals surface area contributed by atoms with E-state index in [2.05, 4.69) is 4.98 Å². The second-order valence-electron chi connectivity index (χ2n) is 9.52.